The van der Waals surface area contributed by atoms with E-state index in [0.29, 0.717) is 22.3 Å². The van der Waals surface area contributed by atoms with Gasteiger partial charge < -0.3 is 10.4 Å². The summed E-state index contributed by atoms with van der Waals surface area (Å²) in [6, 6.07) is 5.81. The van der Waals surface area contributed by atoms with E-state index in [4.69, 9.17) is 0 Å². The molecule has 5 rings (SSSR count). The van der Waals surface area contributed by atoms with Gasteiger partial charge in [0.2, 0.25) is 5.91 Å². The number of carbonyl (C=O) groups is 1. The molecule has 0 saturated heterocycles. The Kier molecular flexibility index (Phi) is 3.77. The molecule has 4 aliphatic rings. The summed E-state index contributed by atoms with van der Waals surface area (Å²) in [5.74, 6) is 0.448. The Balaban J connectivity index is 1.45. The number of halogens is 1. The van der Waals surface area contributed by atoms with Crippen LogP contribution < -0.4 is 5.32 Å². The van der Waals surface area contributed by atoms with E-state index in [1.54, 1.807) is 12.1 Å². The Hall–Kier alpha value is -1.42. The average molecular weight is 345 g/mol. The van der Waals surface area contributed by atoms with Crippen LogP contribution >= 0.6 is 0 Å². The Morgan fingerprint density at radius 2 is 1.76 bits per heavy atom. The van der Waals surface area contributed by atoms with Crippen LogP contribution in [0.4, 0.5) is 4.39 Å². The van der Waals surface area contributed by atoms with E-state index in [2.05, 4.69) is 19.2 Å². The van der Waals surface area contributed by atoms with Crippen LogP contribution in [-0.4, -0.2) is 17.6 Å². The fourth-order valence-corrected chi connectivity index (χ4v) is 6.88. The minimum atomic E-state index is -0.801. The van der Waals surface area contributed by atoms with Gasteiger partial charge in [0, 0.05) is 6.54 Å². The monoisotopic (exact) mass is 345 g/mol. The predicted octanol–water partition coefficient (Wildman–Crippen LogP) is 3.97. The van der Waals surface area contributed by atoms with E-state index >= 15 is 0 Å². The van der Waals surface area contributed by atoms with E-state index in [1.165, 1.54) is 31.4 Å². The third-order valence-electron chi connectivity index (χ3n) is 6.82. The van der Waals surface area contributed by atoms with Crippen molar-refractivity contribution < 1.29 is 14.3 Å². The molecule has 0 spiro atoms. The molecule has 4 saturated carbocycles. The molecule has 1 amide bonds. The van der Waals surface area contributed by atoms with Crippen molar-refractivity contribution >= 4 is 5.91 Å². The summed E-state index contributed by atoms with van der Waals surface area (Å²) in [4.78, 5) is 13.1. The molecule has 3 atom stereocenters. The van der Waals surface area contributed by atoms with Crippen LogP contribution in [0, 0.1) is 28.0 Å². The molecule has 0 heterocycles. The fraction of sp³-hybridized carbons (Fsp3) is 0.667. The lowest BCUT2D eigenvalue weighted by molar-refractivity contribution is -0.170. The maximum Gasteiger partial charge on any atom is 0.226 e. The summed E-state index contributed by atoms with van der Waals surface area (Å²) in [5.41, 5.74) is 0.958. The molecule has 1 aromatic carbocycles. The number of aliphatic hydroxyl groups excluding tert-OH is 1. The average Bonchev–Trinajstić information content (AvgIpc) is 2.49. The first kappa shape index (κ1) is 17.0. The van der Waals surface area contributed by atoms with E-state index in [0.717, 1.165) is 19.3 Å². The Labute approximate surface area is 149 Å². The highest BCUT2D eigenvalue weighted by Gasteiger charge is 2.62. The Morgan fingerprint density at radius 1 is 1.16 bits per heavy atom. The minimum absolute atomic E-state index is 0.107. The zero-order chi connectivity index (χ0) is 17.9. The van der Waals surface area contributed by atoms with Crippen molar-refractivity contribution in [2.24, 2.45) is 22.2 Å². The van der Waals surface area contributed by atoms with Gasteiger partial charge in [0.25, 0.3) is 0 Å². The maximum absolute atomic E-state index is 13.1. The molecule has 4 aliphatic carbocycles. The van der Waals surface area contributed by atoms with Gasteiger partial charge in [0.15, 0.2) is 0 Å². The smallest absolute Gasteiger partial charge is 0.226 e. The summed E-state index contributed by atoms with van der Waals surface area (Å²) < 4.78 is 13.0. The van der Waals surface area contributed by atoms with Crippen LogP contribution in [0.1, 0.15) is 64.0 Å². The standard InChI is InChI=1S/C21H28FNO2/c1-19-7-14-8-20(2,11-19)13-21(9-14,12-19)18(25)23-10-17(24)15-3-5-16(22)6-4-15/h3-6,14,17,24H,7-13H2,1-2H3,(H,23,25). The van der Waals surface area contributed by atoms with E-state index in [-0.39, 0.29) is 23.7 Å². The lowest BCUT2D eigenvalue weighted by atomic mass is 9.40. The van der Waals surface area contributed by atoms with Crippen molar-refractivity contribution in [3.8, 4) is 0 Å². The van der Waals surface area contributed by atoms with Gasteiger partial charge in [0.05, 0.1) is 11.5 Å². The molecule has 4 fully saturated rings. The second-order valence-corrected chi connectivity index (χ2v) is 9.69. The zero-order valence-corrected chi connectivity index (χ0v) is 15.1. The molecule has 3 unspecified atom stereocenters. The normalized spacial score (nSPS) is 40.1. The van der Waals surface area contributed by atoms with Crippen molar-refractivity contribution in [2.45, 2.75) is 58.5 Å². The largest absolute Gasteiger partial charge is 0.387 e. The zero-order valence-electron chi connectivity index (χ0n) is 15.1. The van der Waals surface area contributed by atoms with Gasteiger partial charge >= 0.3 is 0 Å². The fourth-order valence-electron chi connectivity index (χ4n) is 6.88. The number of aliphatic hydroxyl groups is 1. The number of benzene rings is 1. The van der Waals surface area contributed by atoms with Gasteiger partial charge in [-0.25, -0.2) is 4.39 Å². The van der Waals surface area contributed by atoms with Gasteiger partial charge in [-0.05, 0) is 73.0 Å². The van der Waals surface area contributed by atoms with Crippen LogP contribution in [0.25, 0.3) is 0 Å². The third-order valence-corrected chi connectivity index (χ3v) is 6.82. The molecule has 1 aromatic rings. The van der Waals surface area contributed by atoms with Gasteiger partial charge in [-0.15, -0.1) is 0 Å². The molecule has 25 heavy (non-hydrogen) atoms. The van der Waals surface area contributed by atoms with Gasteiger partial charge in [-0.1, -0.05) is 26.0 Å². The summed E-state index contributed by atoms with van der Waals surface area (Å²) in [6.07, 6.45) is 5.91. The molecule has 0 aliphatic heterocycles. The van der Waals surface area contributed by atoms with Gasteiger partial charge in [-0.3, -0.25) is 4.79 Å². The number of hydrogen-bond acceptors (Lipinski definition) is 2. The van der Waals surface area contributed by atoms with Crippen LogP contribution in [0.3, 0.4) is 0 Å². The highest BCUT2D eigenvalue weighted by Crippen LogP contribution is 2.69. The molecule has 2 N–H and O–H groups in total. The van der Waals surface area contributed by atoms with Crippen molar-refractivity contribution in [2.75, 3.05) is 6.54 Å². The number of carbonyl (C=O) groups excluding carboxylic acids is 1. The van der Waals surface area contributed by atoms with Crippen molar-refractivity contribution in [3.63, 3.8) is 0 Å². The summed E-state index contributed by atoms with van der Waals surface area (Å²) in [6.45, 7) is 4.89. The van der Waals surface area contributed by atoms with Crippen molar-refractivity contribution in [1.82, 2.24) is 5.32 Å². The number of hydrogen-bond donors (Lipinski definition) is 2. The molecule has 3 nitrogen and oxygen atoms in total. The Morgan fingerprint density at radius 3 is 2.32 bits per heavy atom. The second-order valence-electron chi connectivity index (χ2n) is 9.69. The van der Waals surface area contributed by atoms with Crippen LogP contribution in [0.15, 0.2) is 24.3 Å². The SMILES string of the molecule is CC12CC3CC(C)(C1)CC(C(=O)NCC(O)c1ccc(F)cc1)(C3)C2. The van der Waals surface area contributed by atoms with Crippen LogP contribution in [0.2, 0.25) is 0 Å². The highest BCUT2D eigenvalue weighted by molar-refractivity contribution is 5.83. The Bertz CT molecular complexity index is 668. The first-order valence-corrected chi connectivity index (χ1v) is 9.43. The molecule has 136 valence electrons. The van der Waals surface area contributed by atoms with Gasteiger partial charge in [0.1, 0.15) is 5.82 Å². The topological polar surface area (TPSA) is 49.3 Å². The van der Waals surface area contributed by atoms with E-state index in [1.807, 2.05) is 0 Å². The highest BCUT2D eigenvalue weighted by atomic mass is 19.1. The van der Waals surface area contributed by atoms with Crippen LogP contribution in [-0.2, 0) is 4.79 Å². The molecule has 0 radical (unpaired) electrons. The van der Waals surface area contributed by atoms with Crippen molar-refractivity contribution in [3.05, 3.63) is 35.6 Å². The molecular formula is C21H28FNO2. The predicted molar refractivity (Wildman–Crippen MR) is 94.2 cm³/mol. The molecule has 4 bridgehead atoms. The van der Waals surface area contributed by atoms with E-state index in [9.17, 15) is 14.3 Å². The van der Waals surface area contributed by atoms with Gasteiger partial charge in [-0.2, -0.15) is 0 Å². The molecule has 0 aromatic heterocycles. The molecular weight excluding hydrogens is 317 g/mol. The first-order chi connectivity index (χ1) is 11.7. The van der Waals surface area contributed by atoms with Crippen LogP contribution in [0.5, 0.6) is 0 Å². The first-order valence-electron chi connectivity index (χ1n) is 9.43. The lowest BCUT2D eigenvalue weighted by Crippen LogP contribution is -2.60. The molecule has 4 heteroatoms. The van der Waals surface area contributed by atoms with Crippen molar-refractivity contribution in [1.29, 1.82) is 0 Å². The van der Waals surface area contributed by atoms with E-state index < -0.39 is 6.10 Å². The number of amides is 1. The lowest BCUT2D eigenvalue weighted by Gasteiger charge is -2.64. The second kappa shape index (κ2) is 5.54. The summed E-state index contributed by atoms with van der Waals surface area (Å²) in [7, 11) is 0. The maximum atomic E-state index is 13.1. The minimum Gasteiger partial charge on any atom is -0.387 e. The number of nitrogens with one attached hydrogen (secondary N) is 1. The summed E-state index contributed by atoms with van der Waals surface area (Å²) >= 11 is 0. The quantitative estimate of drug-likeness (QED) is 0.867. The number of rotatable bonds is 4. The summed E-state index contributed by atoms with van der Waals surface area (Å²) in [5, 5.41) is 13.3. The third kappa shape index (κ3) is 2.99.